The van der Waals surface area contributed by atoms with Gasteiger partial charge in [0, 0.05) is 31.6 Å². The van der Waals surface area contributed by atoms with Gasteiger partial charge in [0.15, 0.2) is 0 Å². The molecule has 0 aliphatic carbocycles. The van der Waals surface area contributed by atoms with E-state index < -0.39 is 17.7 Å². The summed E-state index contributed by atoms with van der Waals surface area (Å²) in [4.78, 5) is 32.2. The second-order valence-corrected chi connectivity index (χ2v) is 8.63. The summed E-state index contributed by atoms with van der Waals surface area (Å²) < 4.78 is 51.1. The van der Waals surface area contributed by atoms with Crippen molar-refractivity contribution in [2.75, 3.05) is 44.7 Å². The maximum absolute atomic E-state index is 13.7. The van der Waals surface area contributed by atoms with Gasteiger partial charge < -0.3 is 14.4 Å². The number of thiophene rings is 1. The van der Waals surface area contributed by atoms with E-state index in [0.29, 0.717) is 26.2 Å². The molecule has 0 spiro atoms. The van der Waals surface area contributed by atoms with Crippen LogP contribution in [0, 0.1) is 0 Å². The second kappa shape index (κ2) is 9.98. The summed E-state index contributed by atoms with van der Waals surface area (Å²) in [5.41, 5.74) is 0.0465. The van der Waals surface area contributed by atoms with Crippen LogP contribution in [0.3, 0.4) is 0 Å². The van der Waals surface area contributed by atoms with Gasteiger partial charge in [0.1, 0.15) is 12.4 Å². The molecule has 2 aromatic heterocycles. The quantitative estimate of drug-likeness (QED) is 0.482. The zero-order valence-corrected chi connectivity index (χ0v) is 19.1. The first-order valence-electron chi connectivity index (χ1n) is 10.5. The van der Waals surface area contributed by atoms with Gasteiger partial charge in [-0.3, -0.25) is 9.69 Å². The summed E-state index contributed by atoms with van der Waals surface area (Å²) in [6.45, 7) is 1.94. The highest BCUT2D eigenvalue weighted by molar-refractivity contribution is 7.17. The molecule has 0 atom stereocenters. The van der Waals surface area contributed by atoms with Gasteiger partial charge in [-0.1, -0.05) is 30.3 Å². The van der Waals surface area contributed by atoms with Gasteiger partial charge in [-0.2, -0.15) is 13.2 Å². The van der Waals surface area contributed by atoms with Crippen LogP contribution < -0.4 is 4.90 Å². The van der Waals surface area contributed by atoms with Crippen molar-refractivity contribution in [3.8, 4) is 0 Å². The van der Waals surface area contributed by atoms with Gasteiger partial charge in [0.2, 0.25) is 0 Å². The molecule has 0 amide bonds. The third-order valence-corrected chi connectivity index (χ3v) is 6.51. The van der Waals surface area contributed by atoms with Crippen LogP contribution in [-0.4, -0.2) is 61.7 Å². The smallest absolute Gasteiger partial charge is 0.417 e. The number of fused-ring (bicyclic) bond motifs is 1. The maximum Gasteiger partial charge on any atom is 0.417 e. The number of carbonyl (C=O) groups excluding carboxylic acids is 2. The molecule has 1 aliphatic heterocycles. The van der Waals surface area contributed by atoms with Crippen LogP contribution in [0.25, 0.3) is 10.2 Å². The van der Waals surface area contributed by atoms with E-state index in [0.717, 1.165) is 23.0 Å². The number of hydrogen-bond donors (Lipinski definition) is 0. The fourth-order valence-electron chi connectivity index (χ4n) is 3.72. The first kappa shape index (κ1) is 24.0. The molecule has 4 rings (SSSR count). The van der Waals surface area contributed by atoms with Crippen molar-refractivity contribution < 1.29 is 32.2 Å². The van der Waals surface area contributed by atoms with Crippen molar-refractivity contribution in [2.24, 2.45) is 0 Å². The summed E-state index contributed by atoms with van der Waals surface area (Å²) in [5, 5.41) is 1.33. The average molecular weight is 494 g/mol. The molecule has 11 heteroatoms. The number of hydrogen-bond acceptors (Lipinski definition) is 8. The number of benzene rings is 1. The predicted octanol–water partition coefficient (Wildman–Crippen LogP) is 3.97. The number of methoxy groups -OCH3 is 1. The Morgan fingerprint density at radius 3 is 2.47 bits per heavy atom. The number of nitrogens with zero attached hydrogens (tertiary/aromatic N) is 3. The molecule has 34 heavy (non-hydrogen) atoms. The number of ether oxygens (including phenoxy) is 2. The second-order valence-electron chi connectivity index (χ2n) is 7.75. The molecule has 180 valence electrons. The van der Waals surface area contributed by atoms with Crippen LogP contribution in [0.5, 0.6) is 0 Å². The van der Waals surface area contributed by atoms with Crippen molar-refractivity contribution in [3.63, 3.8) is 0 Å². The molecule has 3 aromatic rings. The Hall–Kier alpha value is -3.18. The highest BCUT2D eigenvalue weighted by Gasteiger charge is 2.36. The number of esters is 2. The Bertz CT molecular complexity index is 1180. The Morgan fingerprint density at radius 2 is 1.82 bits per heavy atom. The molecule has 0 bridgehead atoms. The predicted molar refractivity (Wildman–Crippen MR) is 121 cm³/mol. The van der Waals surface area contributed by atoms with Gasteiger partial charge in [0.25, 0.3) is 0 Å². The highest BCUT2D eigenvalue weighted by Crippen LogP contribution is 2.40. The molecule has 0 saturated carbocycles. The number of carbonyl (C=O) groups is 2. The van der Waals surface area contributed by atoms with E-state index in [9.17, 15) is 22.8 Å². The van der Waals surface area contributed by atoms with Gasteiger partial charge >= 0.3 is 18.1 Å². The molecular weight excluding hydrogens is 471 g/mol. The normalized spacial score (nSPS) is 14.9. The standard InChI is InChI=1S/C23H22F3N3O4S/c1-32-22(31)16-14-34-21-17(23(24,25)26)11-18(27-20(16)21)29-9-7-28(8-10-29)12-19(30)33-13-15-5-3-2-4-6-15/h2-6,11,14H,7-10,12-13H2,1H3. The number of pyridine rings is 1. The Labute approximate surface area is 197 Å². The molecule has 1 aromatic carbocycles. The monoisotopic (exact) mass is 493 g/mol. The zero-order valence-electron chi connectivity index (χ0n) is 18.3. The van der Waals surface area contributed by atoms with Gasteiger partial charge in [-0.15, -0.1) is 11.3 Å². The molecule has 7 nitrogen and oxygen atoms in total. The largest absolute Gasteiger partial charge is 0.465 e. The molecule has 1 saturated heterocycles. The van der Waals surface area contributed by atoms with Crippen molar-refractivity contribution >= 4 is 39.3 Å². The van der Waals surface area contributed by atoms with Crippen LogP contribution in [-0.2, 0) is 27.1 Å². The van der Waals surface area contributed by atoms with E-state index in [1.54, 1.807) is 4.90 Å². The third kappa shape index (κ3) is 5.31. The number of anilines is 1. The lowest BCUT2D eigenvalue weighted by molar-refractivity contribution is -0.146. The lowest BCUT2D eigenvalue weighted by Crippen LogP contribution is -2.48. The third-order valence-electron chi connectivity index (χ3n) is 5.51. The zero-order chi connectivity index (χ0) is 24.3. The summed E-state index contributed by atoms with van der Waals surface area (Å²) in [5.74, 6) is -0.963. The molecule has 0 N–H and O–H groups in total. The van der Waals surface area contributed by atoms with Crippen molar-refractivity contribution in [2.45, 2.75) is 12.8 Å². The van der Waals surface area contributed by atoms with Crippen molar-refractivity contribution in [3.05, 3.63) is 58.5 Å². The minimum atomic E-state index is -4.60. The fraction of sp³-hybridized carbons (Fsp3) is 0.348. The number of halogens is 3. The van der Waals surface area contributed by atoms with E-state index in [1.165, 1.54) is 12.5 Å². The topological polar surface area (TPSA) is 72.0 Å². The van der Waals surface area contributed by atoms with Crippen molar-refractivity contribution in [1.29, 1.82) is 0 Å². The molecule has 3 heterocycles. The lowest BCUT2D eigenvalue weighted by atomic mass is 10.1. The summed E-state index contributed by atoms with van der Waals surface area (Å²) >= 11 is 0.815. The molecule has 1 fully saturated rings. The Kier molecular flexibility index (Phi) is 7.03. The van der Waals surface area contributed by atoms with Crippen molar-refractivity contribution in [1.82, 2.24) is 9.88 Å². The number of alkyl halides is 3. The van der Waals surface area contributed by atoms with Crippen LogP contribution in [0.15, 0.2) is 41.8 Å². The first-order chi connectivity index (χ1) is 16.3. The number of aromatic nitrogens is 1. The van der Waals surface area contributed by atoms with Crippen LogP contribution in [0.2, 0.25) is 0 Å². The minimum absolute atomic E-state index is 0.00893. The highest BCUT2D eigenvalue weighted by atomic mass is 32.1. The van der Waals surface area contributed by atoms with E-state index in [4.69, 9.17) is 9.47 Å². The molecule has 0 radical (unpaired) electrons. The lowest BCUT2D eigenvalue weighted by Gasteiger charge is -2.35. The summed E-state index contributed by atoms with van der Waals surface area (Å²) in [6.07, 6.45) is -4.60. The van der Waals surface area contributed by atoms with E-state index in [-0.39, 0.29) is 40.7 Å². The fourth-order valence-corrected chi connectivity index (χ4v) is 4.74. The van der Waals surface area contributed by atoms with Crippen LogP contribution >= 0.6 is 11.3 Å². The maximum atomic E-state index is 13.7. The Morgan fingerprint density at radius 1 is 1.12 bits per heavy atom. The SMILES string of the molecule is COC(=O)c1csc2c(C(F)(F)F)cc(N3CCN(CC(=O)OCc4ccccc4)CC3)nc12. The number of piperazine rings is 1. The van der Waals surface area contributed by atoms with Gasteiger partial charge in [0.05, 0.1) is 35.0 Å². The summed E-state index contributed by atoms with van der Waals surface area (Å²) in [6, 6.07) is 10.4. The Balaban J connectivity index is 1.44. The van der Waals surface area contributed by atoms with Gasteiger partial charge in [-0.25, -0.2) is 9.78 Å². The molecular formula is C23H22F3N3O4S. The first-order valence-corrected chi connectivity index (χ1v) is 11.4. The van der Waals surface area contributed by atoms with Gasteiger partial charge in [-0.05, 0) is 11.6 Å². The van der Waals surface area contributed by atoms with E-state index >= 15 is 0 Å². The minimum Gasteiger partial charge on any atom is -0.465 e. The average Bonchev–Trinajstić information content (AvgIpc) is 3.26. The molecule has 1 aliphatic rings. The van der Waals surface area contributed by atoms with E-state index in [1.807, 2.05) is 35.2 Å². The van der Waals surface area contributed by atoms with E-state index in [2.05, 4.69) is 4.98 Å². The molecule has 0 unspecified atom stereocenters. The number of rotatable bonds is 6. The van der Waals surface area contributed by atoms with Crippen LogP contribution in [0.1, 0.15) is 21.5 Å². The summed E-state index contributed by atoms with van der Waals surface area (Å²) in [7, 11) is 1.17. The van der Waals surface area contributed by atoms with Crippen LogP contribution in [0.4, 0.5) is 19.0 Å².